The van der Waals surface area contributed by atoms with E-state index in [1.807, 2.05) is 0 Å². The molecule has 0 saturated carbocycles. The van der Waals surface area contributed by atoms with Crippen molar-refractivity contribution in [2.24, 2.45) is 0 Å². The highest BCUT2D eigenvalue weighted by molar-refractivity contribution is 8.01. The van der Waals surface area contributed by atoms with Crippen molar-refractivity contribution in [2.75, 3.05) is 11.5 Å². The number of nitrogens with zero attached hydrogens (tertiary/aromatic N) is 3. The smallest absolute Gasteiger partial charge is 0.352 e. The summed E-state index contributed by atoms with van der Waals surface area (Å²) in [5, 5.41) is 27.1. The number of carboxylic acids is 1. The van der Waals surface area contributed by atoms with Gasteiger partial charge < -0.3 is 15.6 Å². The summed E-state index contributed by atoms with van der Waals surface area (Å²) in [6, 6.07) is 2.05. The van der Waals surface area contributed by atoms with Gasteiger partial charge in [0.05, 0.1) is 6.42 Å². The molecule has 0 bridgehead atoms. The lowest BCUT2D eigenvalue weighted by Gasteiger charge is -2.49. The maximum absolute atomic E-state index is 12.5. The van der Waals surface area contributed by atoms with E-state index in [1.165, 1.54) is 30.8 Å². The SMILES string of the molecule is CC(=O)CC(=O)NC1C(=O)N2C(C(=O)O)=C(CSc3ccc(Cl)n[n+]3[O-])CS[C@H]12. The maximum Gasteiger partial charge on any atom is 0.352 e. The molecular weight excluding hydrogens is 444 g/mol. The molecule has 2 N–H and O–H groups in total. The van der Waals surface area contributed by atoms with Crippen LogP contribution in [0.2, 0.25) is 5.15 Å². The molecule has 154 valence electrons. The Balaban J connectivity index is 1.74. The number of carbonyl (C=O) groups excluding carboxylic acids is 3. The number of Topliss-reactive ketones (excluding diaryl/α,β-unsaturated/α-hetero) is 1. The molecular formula is C16H15ClN4O6S2. The number of nitrogens with one attached hydrogen (secondary N) is 1. The van der Waals surface area contributed by atoms with Crippen LogP contribution in [0.5, 0.6) is 0 Å². The molecule has 1 unspecified atom stereocenters. The highest BCUT2D eigenvalue weighted by Gasteiger charge is 2.54. The van der Waals surface area contributed by atoms with Gasteiger partial charge in [0.25, 0.3) is 10.9 Å². The summed E-state index contributed by atoms with van der Waals surface area (Å²) in [4.78, 5) is 48.6. The van der Waals surface area contributed by atoms with Gasteiger partial charge in [0, 0.05) is 22.7 Å². The Labute approximate surface area is 178 Å². The molecule has 0 spiro atoms. The molecule has 0 aromatic carbocycles. The Morgan fingerprint density at radius 3 is 2.83 bits per heavy atom. The number of amides is 2. The molecule has 1 saturated heterocycles. The number of carbonyl (C=O) groups is 4. The first-order chi connectivity index (χ1) is 13.7. The van der Waals surface area contributed by atoms with Crippen molar-refractivity contribution in [1.29, 1.82) is 0 Å². The van der Waals surface area contributed by atoms with Crippen LogP contribution in [0.4, 0.5) is 0 Å². The van der Waals surface area contributed by atoms with E-state index < -0.39 is 29.2 Å². The summed E-state index contributed by atoms with van der Waals surface area (Å²) in [5.74, 6) is -2.25. The number of halogens is 1. The van der Waals surface area contributed by atoms with E-state index in [0.717, 1.165) is 16.7 Å². The van der Waals surface area contributed by atoms with Crippen LogP contribution in [0.15, 0.2) is 28.4 Å². The second-order valence-electron chi connectivity index (χ2n) is 6.25. The van der Waals surface area contributed by atoms with Crippen LogP contribution >= 0.6 is 35.1 Å². The highest BCUT2D eigenvalue weighted by Crippen LogP contribution is 2.41. The van der Waals surface area contributed by atoms with E-state index in [4.69, 9.17) is 11.6 Å². The van der Waals surface area contributed by atoms with Gasteiger partial charge in [-0.25, -0.2) is 4.79 Å². The van der Waals surface area contributed by atoms with Crippen molar-refractivity contribution in [3.05, 3.63) is 33.8 Å². The molecule has 0 radical (unpaired) electrons. The van der Waals surface area contributed by atoms with Crippen LogP contribution in [0.3, 0.4) is 0 Å². The van der Waals surface area contributed by atoms with Crippen LogP contribution in [-0.4, -0.2) is 61.6 Å². The number of β-lactam (4-membered cyclic amide) rings is 1. The van der Waals surface area contributed by atoms with Crippen molar-refractivity contribution in [1.82, 2.24) is 15.3 Å². The third-order valence-corrected chi connectivity index (χ3v) is 6.73. The number of fused-ring (bicyclic) bond motifs is 1. The van der Waals surface area contributed by atoms with Crippen molar-refractivity contribution in [3.63, 3.8) is 0 Å². The van der Waals surface area contributed by atoms with E-state index >= 15 is 0 Å². The topological polar surface area (TPSA) is 144 Å². The van der Waals surface area contributed by atoms with E-state index in [2.05, 4.69) is 10.4 Å². The van der Waals surface area contributed by atoms with E-state index in [1.54, 1.807) is 0 Å². The summed E-state index contributed by atoms with van der Waals surface area (Å²) in [5.41, 5.74) is 0.322. The minimum Gasteiger partial charge on any atom is -0.593 e. The predicted molar refractivity (Wildman–Crippen MR) is 104 cm³/mol. The van der Waals surface area contributed by atoms with E-state index in [-0.39, 0.29) is 33.8 Å². The number of carboxylic acid groups (broad SMARTS) is 1. The molecule has 2 atom stereocenters. The summed E-state index contributed by atoms with van der Waals surface area (Å²) >= 11 is 8.03. The lowest BCUT2D eigenvalue weighted by atomic mass is 10.0. The molecule has 13 heteroatoms. The zero-order valence-corrected chi connectivity index (χ0v) is 17.3. The average molecular weight is 459 g/mol. The Morgan fingerprint density at radius 1 is 1.48 bits per heavy atom. The lowest BCUT2D eigenvalue weighted by molar-refractivity contribution is -0.706. The van der Waals surface area contributed by atoms with E-state index in [9.17, 15) is 29.5 Å². The van der Waals surface area contributed by atoms with Crippen molar-refractivity contribution < 1.29 is 29.1 Å². The van der Waals surface area contributed by atoms with Gasteiger partial charge in [-0.3, -0.25) is 19.3 Å². The fourth-order valence-corrected chi connectivity index (χ4v) is 5.37. The molecule has 1 fully saturated rings. The van der Waals surface area contributed by atoms with Gasteiger partial charge in [0.2, 0.25) is 5.91 Å². The third-order valence-electron chi connectivity index (χ3n) is 4.11. The number of thioether (sulfide) groups is 2. The second-order valence-corrected chi connectivity index (χ2v) is 8.73. The summed E-state index contributed by atoms with van der Waals surface area (Å²) < 4.78 is 0. The van der Waals surface area contributed by atoms with Crippen LogP contribution < -0.4 is 10.2 Å². The van der Waals surface area contributed by atoms with Gasteiger partial charge in [-0.1, -0.05) is 11.6 Å². The first kappa shape index (κ1) is 21.4. The zero-order valence-electron chi connectivity index (χ0n) is 15.0. The van der Waals surface area contributed by atoms with Crippen molar-refractivity contribution in [2.45, 2.75) is 29.8 Å². The van der Waals surface area contributed by atoms with Crippen molar-refractivity contribution in [3.8, 4) is 0 Å². The van der Waals surface area contributed by atoms with Gasteiger partial charge in [0.15, 0.2) is 5.15 Å². The summed E-state index contributed by atoms with van der Waals surface area (Å²) in [6.45, 7) is 1.26. The fourth-order valence-electron chi connectivity index (χ4n) is 2.88. The molecule has 2 aliphatic heterocycles. The van der Waals surface area contributed by atoms with Gasteiger partial charge >= 0.3 is 5.97 Å². The van der Waals surface area contributed by atoms with Gasteiger partial charge in [-0.15, -0.1) is 11.8 Å². The van der Waals surface area contributed by atoms with Gasteiger partial charge in [-0.05, 0) is 35.2 Å². The molecule has 1 aromatic rings. The standard InChI is InChI=1S/C16H15ClN4O6S2/c1-7(22)4-10(23)18-12-14(24)20-13(16(25)26)8(6-29-15(12)20)5-28-11-3-2-9(17)19-21(11)27/h2-3,12,15H,4-6H2,1H3,(H,18,23)(H,25,26)/t12?,15-/m1/s1. The summed E-state index contributed by atoms with van der Waals surface area (Å²) in [6.07, 6.45) is -0.338. The second kappa shape index (κ2) is 8.59. The number of hydrogen-bond donors (Lipinski definition) is 2. The largest absolute Gasteiger partial charge is 0.593 e. The lowest BCUT2D eigenvalue weighted by Crippen LogP contribution is -2.70. The van der Waals surface area contributed by atoms with E-state index in [0.29, 0.717) is 16.2 Å². The van der Waals surface area contributed by atoms with Crippen molar-refractivity contribution >= 4 is 58.7 Å². The Bertz CT molecular complexity index is 940. The van der Waals surface area contributed by atoms with Crippen LogP contribution in [-0.2, 0) is 19.2 Å². The molecule has 3 heterocycles. The minimum atomic E-state index is -1.27. The Kier molecular flexibility index (Phi) is 6.34. The highest BCUT2D eigenvalue weighted by atomic mass is 35.5. The van der Waals surface area contributed by atoms with Crippen LogP contribution in [0.1, 0.15) is 13.3 Å². The molecule has 2 amide bonds. The number of ketones is 1. The molecule has 1 aromatic heterocycles. The number of rotatable bonds is 7. The minimum absolute atomic E-state index is 0.0369. The molecule has 2 aliphatic rings. The first-order valence-electron chi connectivity index (χ1n) is 8.27. The average Bonchev–Trinajstić information content (AvgIpc) is 2.64. The van der Waals surface area contributed by atoms with Gasteiger partial charge in [0.1, 0.15) is 22.9 Å². The maximum atomic E-state index is 12.5. The first-order valence-corrected chi connectivity index (χ1v) is 10.7. The quantitative estimate of drug-likeness (QED) is 0.192. The molecule has 29 heavy (non-hydrogen) atoms. The molecule has 3 rings (SSSR count). The fraction of sp³-hybridized carbons (Fsp3) is 0.375. The predicted octanol–water partition coefficient (Wildman–Crippen LogP) is 0.178. The number of aromatic nitrogens is 2. The normalized spacial score (nSPS) is 20.8. The monoisotopic (exact) mass is 458 g/mol. The van der Waals surface area contributed by atoms with Crippen LogP contribution in [0, 0.1) is 5.21 Å². The van der Waals surface area contributed by atoms with Crippen LogP contribution in [0.25, 0.3) is 0 Å². The number of aliphatic carboxylic acids is 1. The number of hydrogen-bond acceptors (Lipinski definition) is 8. The zero-order chi connectivity index (χ0) is 21.3. The van der Waals surface area contributed by atoms with Gasteiger partial charge in [-0.2, -0.15) is 0 Å². The summed E-state index contributed by atoms with van der Waals surface area (Å²) in [7, 11) is 0. The Hall–Kier alpha value is -2.31. The Morgan fingerprint density at radius 2 is 2.21 bits per heavy atom. The third kappa shape index (κ3) is 4.49. The molecule has 10 nitrogen and oxygen atoms in total. The molecule has 0 aliphatic carbocycles.